The number of hydrogen-bond donors (Lipinski definition) is 1. The number of aromatic carboxylic acids is 1. The molecule has 0 aliphatic heterocycles. The van der Waals surface area contributed by atoms with Crippen molar-refractivity contribution in [3.05, 3.63) is 33.7 Å². The number of ether oxygens (including phenoxy) is 1. The molecule has 2 rings (SSSR count). The SMILES string of the molecule is COCc1c(C(=O)O)sc2c(C)cc(C)cc12. The number of carboxylic acid groups (broad SMARTS) is 1. The predicted molar refractivity (Wildman–Crippen MR) is 69.0 cm³/mol. The van der Waals surface area contributed by atoms with Crippen LogP contribution < -0.4 is 0 Å². The van der Waals surface area contributed by atoms with Crippen LogP contribution in [-0.4, -0.2) is 18.2 Å². The Bertz CT molecular complexity index is 584. The molecule has 1 aromatic carbocycles. The van der Waals surface area contributed by atoms with Crippen LogP contribution in [0.4, 0.5) is 0 Å². The summed E-state index contributed by atoms with van der Waals surface area (Å²) in [5.74, 6) is -0.879. The minimum atomic E-state index is -0.879. The van der Waals surface area contributed by atoms with Crippen molar-refractivity contribution in [1.29, 1.82) is 0 Å². The van der Waals surface area contributed by atoms with Gasteiger partial charge in [-0.1, -0.05) is 17.7 Å². The predicted octanol–water partition coefficient (Wildman–Crippen LogP) is 3.36. The van der Waals surface area contributed by atoms with Crippen LogP contribution >= 0.6 is 11.3 Å². The van der Waals surface area contributed by atoms with Crippen molar-refractivity contribution in [1.82, 2.24) is 0 Å². The second-order valence-electron chi connectivity index (χ2n) is 4.11. The van der Waals surface area contributed by atoms with Crippen molar-refractivity contribution >= 4 is 27.4 Å². The Kier molecular flexibility index (Phi) is 3.17. The maximum atomic E-state index is 11.2. The van der Waals surface area contributed by atoms with E-state index in [0.717, 1.165) is 26.8 Å². The minimum absolute atomic E-state index is 0.338. The lowest BCUT2D eigenvalue weighted by Gasteiger charge is -2.02. The van der Waals surface area contributed by atoms with E-state index in [1.807, 2.05) is 19.9 Å². The van der Waals surface area contributed by atoms with Gasteiger partial charge in [-0.2, -0.15) is 0 Å². The highest BCUT2D eigenvalue weighted by molar-refractivity contribution is 7.21. The van der Waals surface area contributed by atoms with Crippen molar-refractivity contribution in [2.45, 2.75) is 20.5 Å². The van der Waals surface area contributed by atoms with Crippen LogP contribution in [0.5, 0.6) is 0 Å². The highest BCUT2D eigenvalue weighted by atomic mass is 32.1. The molecule has 17 heavy (non-hydrogen) atoms. The number of fused-ring (bicyclic) bond motifs is 1. The average molecular weight is 250 g/mol. The first kappa shape index (κ1) is 12.1. The van der Waals surface area contributed by atoms with Gasteiger partial charge in [0.25, 0.3) is 0 Å². The second-order valence-corrected chi connectivity index (χ2v) is 5.13. The van der Waals surface area contributed by atoms with Gasteiger partial charge in [-0.25, -0.2) is 4.79 Å². The third-order valence-electron chi connectivity index (χ3n) is 2.71. The van der Waals surface area contributed by atoms with Gasteiger partial charge < -0.3 is 9.84 Å². The molecule has 90 valence electrons. The first-order chi connectivity index (χ1) is 8.04. The van der Waals surface area contributed by atoms with E-state index in [-0.39, 0.29) is 0 Å². The molecule has 1 heterocycles. The van der Waals surface area contributed by atoms with E-state index in [2.05, 4.69) is 6.07 Å². The molecule has 2 aromatic rings. The maximum absolute atomic E-state index is 11.2. The first-order valence-electron chi connectivity index (χ1n) is 5.29. The molecule has 0 unspecified atom stereocenters. The fourth-order valence-electron chi connectivity index (χ4n) is 2.06. The Balaban J connectivity index is 2.79. The van der Waals surface area contributed by atoms with E-state index in [9.17, 15) is 9.90 Å². The van der Waals surface area contributed by atoms with Crippen molar-refractivity contribution in [3.8, 4) is 0 Å². The van der Waals surface area contributed by atoms with Crippen LogP contribution in [0.3, 0.4) is 0 Å². The van der Waals surface area contributed by atoms with E-state index in [1.165, 1.54) is 11.3 Å². The van der Waals surface area contributed by atoms with Crippen LogP contribution in [-0.2, 0) is 11.3 Å². The largest absolute Gasteiger partial charge is 0.477 e. The molecule has 0 bridgehead atoms. The fraction of sp³-hybridized carbons (Fsp3) is 0.308. The van der Waals surface area contributed by atoms with Crippen molar-refractivity contribution in [3.63, 3.8) is 0 Å². The van der Waals surface area contributed by atoms with Gasteiger partial charge in [0.05, 0.1) is 6.61 Å². The molecule has 0 amide bonds. The van der Waals surface area contributed by atoms with E-state index in [0.29, 0.717) is 11.5 Å². The number of carboxylic acids is 1. The van der Waals surface area contributed by atoms with Crippen LogP contribution in [0.1, 0.15) is 26.4 Å². The zero-order chi connectivity index (χ0) is 12.6. The van der Waals surface area contributed by atoms with E-state index in [4.69, 9.17) is 4.74 Å². The highest BCUT2D eigenvalue weighted by Crippen LogP contribution is 2.35. The van der Waals surface area contributed by atoms with E-state index < -0.39 is 5.97 Å². The summed E-state index contributed by atoms with van der Waals surface area (Å²) in [4.78, 5) is 11.6. The van der Waals surface area contributed by atoms with Crippen LogP contribution in [0, 0.1) is 13.8 Å². The summed E-state index contributed by atoms with van der Waals surface area (Å²) in [5, 5.41) is 10.2. The summed E-state index contributed by atoms with van der Waals surface area (Å²) < 4.78 is 6.15. The van der Waals surface area contributed by atoms with Crippen LogP contribution in [0.15, 0.2) is 12.1 Å². The third kappa shape index (κ3) is 2.06. The summed E-state index contributed by atoms with van der Waals surface area (Å²) in [7, 11) is 1.58. The Morgan fingerprint density at radius 1 is 1.41 bits per heavy atom. The molecule has 4 heteroatoms. The molecule has 0 fully saturated rings. The molecule has 0 saturated heterocycles. The zero-order valence-electron chi connectivity index (χ0n) is 10.0. The van der Waals surface area contributed by atoms with Gasteiger partial charge in [0.15, 0.2) is 0 Å². The monoisotopic (exact) mass is 250 g/mol. The quantitative estimate of drug-likeness (QED) is 0.908. The smallest absolute Gasteiger partial charge is 0.346 e. The number of benzene rings is 1. The zero-order valence-corrected chi connectivity index (χ0v) is 10.9. The summed E-state index contributed by atoms with van der Waals surface area (Å²) in [6.07, 6.45) is 0. The number of methoxy groups -OCH3 is 1. The van der Waals surface area contributed by atoms with Gasteiger partial charge in [-0.3, -0.25) is 0 Å². The molecule has 0 spiro atoms. The lowest BCUT2D eigenvalue weighted by Crippen LogP contribution is -1.98. The average Bonchev–Trinajstić information content (AvgIpc) is 2.58. The van der Waals surface area contributed by atoms with Crippen molar-refractivity contribution in [2.24, 2.45) is 0 Å². The fourth-order valence-corrected chi connectivity index (χ4v) is 3.16. The Hall–Kier alpha value is -1.39. The Morgan fingerprint density at radius 3 is 2.71 bits per heavy atom. The normalized spacial score (nSPS) is 11.0. The molecule has 0 atom stereocenters. The lowest BCUT2D eigenvalue weighted by molar-refractivity contribution is 0.0698. The molecular weight excluding hydrogens is 236 g/mol. The van der Waals surface area contributed by atoms with E-state index in [1.54, 1.807) is 7.11 Å². The number of carbonyl (C=O) groups is 1. The molecule has 0 saturated carbocycles. The first-order valence-corrected chi connectivity index (χ1v) is 6.11. The molecule has 0 aliphatic carbocycles. The van der Waals surface area contributed by atoms with Gasteiger partial charge in [0.2, 0.25) is 0 Å². The van der Waals surface area contributed by atoms with Crippen LogP contribution in [0.25, 0.3) is 10.1 Å². The van der Waals surface area contributed by atoms with Crippen molar-refractivity contribution in [2.75, 3.05) is 7.11 Å². The number of aryl methyl sites for hydroxylation is 2. The number of thiophene rings is 1. The molecule has 0 aliphatic rings. The summed E-state index contributed by atoms with van der Waals surface area (Å²) in [6.45, 7) is 4.36. The Morgan fingerprint density at radius 2 is 2.12 bits per heavy atom. The lowest BCUT2D eigenvalue weighted by atomic mass is 10.1. The maximum Gasteiger partial charge on any atom is 0.346 e. The molecule has 3 nitrogen and oxygen atoms in total. The Labute approximate surface area is 104 Å². The minimum Gasteiger partial charge on any atom is -0.477 e. The molecule has 1 N–H and O–H groups in total. The molecule has 1 aromatic heterocycles. The molecular formula is C13H14O3S. The van der Waals surface area contributed by atoms with Gasteiger partial charge in [0, 0.05) is 17.4 Å². The van der Waals surface area contributed by atoms with Gasteiger partial charge in [-0.05, 0) is 24.8 Å². The topological polar surface area (TPSA) is 46.5 Å². The highest BCUT2D eigenvalue weighted by Gasteiger charge is 2.18. The van der Waals surface area contributed by atoms with Crippen LogP contribution in [0.2, 0.25) is 0 Å². The van der Waals surface area contributed by atoms with Gasteiger partial charge in [0.1, 0.15) is 4.88 Å². The summed E-state index contributed by atoms with van der Waals surface area (Å²) in [6, 6.07) is 4.10. The molecule has 0 radical (unpaired) electrons. The van der Waals surface area contributed by atoms with Gasteiger partial charge in [-0.15, -0.1) is 11.3 Å². The summed E-state index contributed by atoms with van der Waals surface area (Å²) in [5.41, 5.74) is 3.05. The van der Waals surface area contributed by atoms with E-state index >= 15 is 0 Å². The number of rotatable bonds is 3. The third-order valence-corrected chi connectivity index (χ3v) is 4.08. The number of hydrogen-bond acceptors (Lipinski definition) is 3. The second kappa shape index (κ2) is 4.47. The summed E-state index contributed by atoms with van der Waals surface area (Å²) >= 11 is 1.33. The van der Waals surface area contributed by atoms with Gasteiger partial charge >= 0.3 is 5.97 Å². The van der Waals surface area contributed by atoms with Crippen molar-refractivity contribution < 1.29 is 14.6 Å². The standard InChI is InChI=1S/C13H14O3S/c1-7-4-8(2)11-9(5-7)10(6-16-3)12(17-11)13(14)15/h4-5H,6H2,1-3H3,(H,14,15).